The molecule has 0 atom stereocenters. The summed E-state index contributed by atoms with van der Waals surface area (Å²) >= 11 is 1.92. The highest BCUT2D eigenvalue weighted by Gasteiger charge is 2.20. The van der Waals surface area contributed by atoms with Crippen molar-refractivity contribution in [2.45, 2.75) is 6.92 Å². The van der Waals surface area contributed by atoms with Crippen molar-refractivity contribution in [2.24, 2.45) is 0 Å². The summed E-state index contributed by atoms with van der Waals surface area (Å²) in [5.74, 6) is 0. The quantitative estimate of drug-likeness (QED) is 0.195. The minimum atomic E-state index is 1.12. The number of nitrogens with zero attached hydrogens (tertiary/aromatic N) is 1. The second-order valence-electron chi connectivity index (χ2n) is 7.61. The van der Waals surface area contributed by atoms with E-state index < -0.39 is 0 Å². The van der Waals surface area contributed by atoms with E-state index >= 15 is 0 Å². The molecule has 130 valence electrons. The van der Waals surface area contributed by atoms with E-state index in [1.165, 1.54) is 63.4 Å². The molecule has 0 aliphatic carbocycles. The van der Waals surface area contributed by atoms with Crippen LogP contribution >= 0.6 is 11.3 Å². The monoisotopic (exact) mass is 373 g/mol. The van der Waals surface area contributed by atoms with Crippen molar-refractivity contribution < 1.29 is 0 Å². The molecule has 5 aromatic carbocycles. The predicted octanol–water partition coefficient (Wildman–Crippen LogP) is 7.81. The van der Waals surface area contributed by atoms with Crippen LogP contribution in [0.2, 0.25) is 0 Å². The van der Waals surface area contributed by atoms with Gasteiger partial charge >= 0.3 is 0 Å². The molecule has 28 heavy (non-hydrogen) atoms. The summed E-state index contributed by atoms with van der Waals surface area (Å²) in [4.78, 5) is 6.28. The lowest BCUT2D eigenvalue weighted by atomic mass is 9.90. The molecule has 7 rings (SSSR count). The summed E-state index contributed by atoms with van der Waals surface area (Å²) in [7, 11) is 0. The van der Waals surface area contributed by atoms with Crippen LogP contribution in [-0.2, 0) is 0 Å². The molecule has 0 amide bonds. The highest BCUT2D eigenvalue weighted by molar-refractivity contribution is 7.21. The third-order valence-corrected chi connectivity index (χ3v) is 7.30. The third-order valence-electron chi connectivity index (χ3n) is 6.16. The number of thiophene rings is 1. The Morgan fingerprint density at radius 1 is 0.643 bits per heavy atom. The van der Waals surface area contributed by atoms with Gasteiger partial charge in [-0.15, -0.1) is 11.3 Å². The predicted molar refractivity (Wildman–Crippen MR) is 123 cm³/mol. The number of aryl methyl sites for hydroxylation is 1. The number of aromatic nitrogens is 1. The number of fused-ring (bicyclic) bond motifs is 7. The second kappa shape index (κ2) is 4.98. The first-order chi connectivity index (χ1) is 13.8. The Morgan fingerprint density at radius 3 is 2.18 bits per heavy atom. The van der Waals surface area contributed by atoms with Crippen LogP contribution in [0.1, 0.15) is 4.88 Å². The average molecular weight is 373 g/mol. The van der Waals surface area contributed by atoms with Gasteiger partial charge < -0.3 is 0 Å². The molecule has 0 saturated carbocycles. The van der Waals surface area contributed by atoms with Gasteiger partial charge in [0.25, 0.3) is 0 Å². The fraction of sp³-hybridized carbons (Fsp3) is 0.0385. The molecule has 0 fully saturated rings. The molecule has 0 radical (unpaired) electrons. The molecule has 0 aliphatic rings. The van der Waals surface area contributed by atoms with Crippen LogP contribution in [0.5, 0.6) is 0 Å². The molecule has 0 spiro atoms. The fourth-order valence-electron chi connectivity index (χ4n) is 5.00. The minimum absolute atomic E-state index is 1.12. The van der Waals surface area contributed by atoms with Gasteiger partial charge in [0.05, 0.1) is 5.52 Å². The molecule has 0 aliphatic heterocycles. The summed E-state index contributed by atoms with van der Waals surface area (Å²) in [6, 6.07) is 24.3. The zero-order valence-corrected chi connectivity index (χ0v) is 16.1. The molecule has 0 unspecified atom stereocenters. The maximum absolute atomic E-state index is 4.89. The maximum Gasteiger partial charge on any atom is 0.0793 e. The highest BCUT2D eigenvalue weighted by Crippen LogP contribution is 2.48. The van der Waals surface area contributed by atoms with Crippen LogP contribution in [-0.4, -0.2) is 4.98 Å². The molecule has 0 bridgehead atoms. The van der Waals surface area contributed by atoms with Crippen LogP contribution < -0.4 is 0 Å². The number of hydrogen-bond donors (Lipinski definition) is 0. The van der Waals surface area contributed by atoms with Crippen molar-refractivity contribution in [1.82, 2.24) is 4.98 Å². The molecule has 2 heterocycles. The summed E-state index contributed by atoms with van der Waals surface area (Å²) < 4.78 is 1.39. The van der Waals surface area contributed by atoms with E-state index in [0.717, 1.165) is 5.52 Å². The van der Waals surface area contributed by atoms with Crippen molar-refractivity contribution in [3.8, 4) is 0 Å². The Labute approximate surface area is 165 Å². The van der Waals surface area contributed by atoms with E-state index in [2.05, 4.69) is 73.7 Å². The molecule has 1 nitrogen and oxygen atoms in total. The standard InChI is InChI=1S/C26H15NS/c1-14-22-20-12-15-6-2-3-7-16(15)13-21(20)25-23-18(10-11-27-25)17-8-4-5-9-19(17)26(28-14)24(22)23/h2-13H,1H3. The first-order valence-electron chi connectivity index (χ1n) is 9.57. The van der Waals surface area contributed by atoms with E-state index in [-0.39, 0.29) is 0 Å². The van der Waals surface area contributed by atoms with Gasteiger partial charge in [0.2, 0.25) is 0 Å². The number of pyridine rings is 1. The van der Waals surface area contributed by atoms with Gasteiger partial charge in [0.1, 0.15) is 0 Å². The number of rotatable bonds is 0. The normalized spacial score (nSPS) is 12.5. The molecular formula is C26H15NS. The van der Waals surface area contributed by atoms with Crippen molar-refractivity contribution >= 4 is 75.4 Å². The molecular weight excluding hydrogens is 358 g/mol. The first-order valence-corrected chi connectivity index (χ1v) is 10.4. The summed E-state index contributed by atoms with van der Waals surface area (Å²) in [5.41, 5.74) is 1.12. The highest BCUT2D eigenvalue weighted by atomic mass is 32.1. The SMILES string of the molecule is Cc1sc2c3ccccc3c3ccnc4c5cc6ccccc6cc5c1c2c34. The molecule has 7 aromatic rings. The zero-order valence-electron chi connectivity index (χ0n) is 15.3. The van der Waals surface area contributed by atoms with E-state index in [1.54, 1.807) is 0 Å². The van der Waals surface area contributed by atoms with Crippen molar-refractivity contribution in [2.75, 3.05) is 0 Å². The Balaban J connectivity index is 1.93. The van der Waals surface area contributed by atoms with E-state index in [4.69, 9.17) is 4.98 Å². The first kappa shape index (κ1) is 14.8. The molecule has 2 heteroatoms. The molecule has 2 aromatic heterocycles. The largest absolute Gasteiger partial charge is 0.256 e. The Morgan fingerprint density at radius 2 is 1.36 bits per heavy atom. The van der Waals surface area contributed by atoms with E-state index in [1.807, 2.05) is 17.5 Å². The zero-order chi connectivity index (χ0) is 18.4. The van der Waals surface area contributed by atoms with Gasteiger partial charge in [-0.25, -0.2) is 0 Å². The topological polar surface area (TPSA) is 12.9 Å². The summed E-state index contributed by atoms with van der Waals surface area (Å²) in [6.07, 6.45) is 1.97. The van der Waals surface area contributed by atoms with Gasteiger partial charge in [0, 0.05) is 42.7 Å². The Bertz CT molecular complexity index is 1720. The molecule has 0 saturated heterocycles. The lowest BCUT2D eigenvalue weighted by Crippen LogP contribution is -1.89. The van der Waals surface area contributed by atoms with Crippen LogP contribution in [0, 0.1) is 6.92 Å². The van der Waals surface area contributed by atoms with Crippen LogP contribution in [0.15, 0.2) is 72.9 Å². The van der Waals surface area contributed by atoms with Crippen molar-refractivity contribution in [1.29, 1.82) is 0 Å². The van der Waals surface area contributed by atoms with Crippen molar-refractivity contribution in [3.63, 3.8) is 0 Å². The Kier molecular flexibility index (Phi) is 2.63. The lowest BCUT2D eigenvalue weighted by Gasteiger charge is -2.14. The summed E-state index contributed by atoms with van der Waals surface area (Å²) in [5, 5.41) is 13.2. The fourth-order valence-corrected chi connectivity index (χ4v) is 6.21. The number of hydrogen-bond acceptors (Lipinski definition) is 2. The van der Waals surface area contributed by atoms with Gasteiger partial charge in [-0.1, -0.05) is 48.5 Å². The van der Waals surface area contributed by atoms with Crippen LogP contribution in [0.4, 0.5) is 0 Å². The Hall–Kier alpha value is -3.23. The van der Waals surface area contributed by atoms with Gasteiger partial charge in [0.15, 0.2) is 0 Å². The smallest absolute Gasteiger partial charge is 0.0793 e. The van der Waals surface area contributed by atoms with E-state index in [0.29, 0.717) is 0 Å². The number of benzene rings is 5. The average Bonchev–Trinajstić information content (AvgIpc) is 3.10. The van der Waals surface area contributed by atoms with Gasteiger partial charge in [-0.2, -0.15) is 0 Å². The van der Waals surface area contributed by atoms with Crippen molar-refractivity contribution in [3.05, 3.63) is 77.8 Å². The summed E-state index contributed by atoms with van der Waals surface area (Å²) in [6.45, 7) is 2.26. The van der Waals surface area contributed by atoms with Gasteiger partial charge in [-0.05, 0) is 52.1 Å². The minimum Gasteiger partial charge on any atom is -0.256 e. The maximum atomic E-state index is 4.89. The lowest BCUT2D eigenvalue weighted by molar-refractivity contribution is 1.45. The van der Waals surface area contributed by atoms with Crippen LogP contribution in [0.3, 0.4) is 0 Å². The van der Waals surface area contributed by atoms with Gasteiger partial charge in [-0.3, -0.25) is 4.98 Å². The third kappa shape index (κ3) is 1.65. The van der Waals surface area contributed by atoms with E-state index in [9.17, 15) is 0 Å². The molecule has 0 N–H and O–H groups in total. The second-order valence-corrected chi connectivity index (χ2v) is 8.83. The van der Waals surface area contributed by atoms with Crippen LogP contribution in [0.25, 0.3) is 64.1 Å².